The Morgan fingerprint density at radius 2 is 2.26 bits per heavy atom. The molecule has 0 radical (unpaired) electrons. The summed E-state index contributed by atoms with van der Waals surface area (Å²) in [7, 11) is 1.84. The molecule has 19 heavy (non-hydrogen) atoms. The van der Waals surface area contributed by atoms with E-state index in [0.717, 1.165) is 11.1 Å². The van der Waals surface area contributed by atoms with Crippen LogP contribution in [-0.4, -0.2) is 19.3 Å². The van der Waals surface area contributed by atoms with E-state index < -0.39 is 5.82 Å². The van der Waals surface area contributed by atoms with Crippen LogP contribution in [-0.2, 0) is 13.6 Å². The average Bonchev–Trinajstić information content (AvgIpc) is 2.87. The molecule has 1 aromatic carbocycles. The number of aromatic amines is 1. The molecule has 0 aliphatic heterocycles. The van der Waals surface area contributed by atoms with E-state index in [-0.39, 0.29) is 5.02 Å². The molecule has 0 saturated carbocycles. The lowest BCUT2D eigenvalue weighted by molar-refractivity contribution is 0.629. The first-order chi connectivity index (χ1) is 9.04. The summed E-state index contributed by atoms with van der Waals surface area (Å²) in [6, 6.07) is 2.93. The van der Waals surface area contributed by atoms with Crippen LogP contribution in [0, 0.1) is 10.6 Å². The van der Waals surface area contributed by atoms with Crippen molar-refractivity contribution in [3.63, 3.8) is 0 Å². The number of H-pyrrole nitrogens is 1. The van der Waals surface area contributed by atoms with Gasteiger partial charge in [0.2, 0.25) is 0 Å². The minimum absolute atomic E-state index is 0.0808. The van der Waals surface area contributed by atoms with Crippen LogP contribution in [0.1, 0.15) is 5.56 Å². The lowest BCUT2D eigenvalue weighted by atomic mass is 10.3. The van der Waals surface area contributed by atoms with E-state index in [2.05, 4.69) is 10.1 Å². The third-order valence-corrected chi connectivity index (χ3v) is 3.53. The van der Waals surface area contributed by atoms with E-state index in [1.165, 1.54) is 6.07 Å². The van der Waals surface area contributed by atoms with Gasteiger partial charge < -0.3 is 9.55 Å². The fourth-order valence-electron chi connectivity index (χ4n) is 2.04. The van der Waals surface area contributed by atoms with Crippen LogP contribution < -0.4 is 0 Å². The number of nitrogens with one attached hydrogen (secondary N) is 1. The number of rotatable bonds is 2. The monoisotopic (exact) mass is 296 g/mol. The van der Waals surface area contributed by atoms with E-state index in [1.807, 2.05) is 17.8 Å². The molecule has 0 bridgehead atoms. The van der Waals surface area contributed by atoms with E-state index in [0.29, 0.717) is 16.8 Å². The number of halogens is 2. The van der Waals surface area contributed by atoms with Gasteiger partial charge in [-0.05, 0) is 18.3 Å². The van der Waals surface area contributed by atoms with Crippen molar-refractivity contribution in [3.05, 3.63) is 45.7 Å². The van der Waals surface area contributed by atoms with Crippen LogP contribution >= 0.6 is 23.8 Å². The van der Waals surface area contributed by atoms with Crippen LogP contribution in [0.2, 0.25) is 5.02 Å². The molecule has 0 aliphatic carbocycles. The number of benzene rings is 1. The van der Waals surface area contributed by atoms with Crippen LogP contribution in [0.15, 0.2) is 24.5 Å². The molecular weight excluding hydrogens is 287 g/mol. The maximum Gasteiger partial charge on any atom is 0.178 e. The SMILES string of the molecule is Cn1cc(Cn2c(=S)[nH]c3cc(Cl)c(F)cc32)cn1. The molecule has 0 aliphatic rings. The highest BCUT2D eigenvalue weighted by Crippen LogP contribution is 2.23. The van der Waals surface area contributed by atoms with Gasteiger partial charge in [-0.15, -0.1) is 0 Å². The summed E-state index contributed by atoms with van der Waals surface area (Å²) in [5.41, 5.74) is 2.41. The zero-order valence-corrected chi connectivity index (χ0v) is 11.6. The molecule has 4 nitrogen and oxygen atoms in total. The number of aromatic nitrogens is 4. The summed E-state index contributed by atoms with van der Waals surface area (Å²) in [4.78, 5) is 3.02. The highest BCUT2D eigenvalue weighted by Gasteiger charge is 2.10. The number of imidazole rings is 1. The first-order valence-electron chi connectivity index (χ1n) is 5.59. The minimum Gasteiger partial charge on any atom is -0.331 e. The van der Waals surface area contributed by atoms with Crippen molar-refractivity contribution in [1.82, 2.24) is 19.3 Å². The topological polar surface area (TPSA) is 38.5 Å². The quantitative estimate of drug-likeness (QED) is 0.737. The summed E-state index contributed by atoms with van der Waals surface area (Å²) < 4.78 is 17.6. The molecule has 0 spiro atoms. The zero-order valence-electron chi connectivity index (χ0n) is 10.0. The molecule has 1 N–H and O–H groups in total. The van der Waals surface area contributed by atoms with Gasteiger partial charge in [-0.1, -0.05) is 11.6 Å². The van der Waals surface area contributed by atoms with Gasteiger partial charge in [0.25, 0.3) is 0 Å². The fraction of sp³-hybridized carbons (Fsp3) is 0.167. The molecule has 0 saturated heterocycles. The molecular formula is C12H10ClFN4S. The molecule has 3 aromatic rings. The highest BCUT2D eigenvalue weighted by atomic mass is 35.5. The van der Waals surface area contributed by atoms with Crippen molar-refractivity contribution in [3.8, 4) is 0 Å². The van der Waals surface area contributed by atoms with Crippen molar-refractivity contribution in [2.75, 3.05) is 0 Å². The van der Waals surface area contributed by atoms with E-state index >= 15 is 0 Å². The smallest absolute Gasteiger partial charge is 0.178 e. The Morgan fingerprint density at radius 3 is 2.95 bits per heavy atom. The molecule has 98 valence electrons. The lowest BCUT2D eigenvalue weighted by Crippen LogP contribution is -1.99. The summed E-state index contributed by atoms with van der Waals surface area (Å²) in [5.74, 6) is -0.455. The Hall–Kier alpha value is -1.66. The molecule has 0 atom stereocenters. The van der Waals surface area contributed by atoms with E-state index in [4.69, 9.17) is 23.8 Å². The largest absolute Gasteiger partial charge is 0.331 e. The molecule has 0 fully saturated rings. The summed E-state index contributed by atoms with van der Waals surface area (Å²) >= 11 is 11.0. The lowest BCUT2D eigenvalue weighted by Gasteiger charge is -2.02. The van der Waals surface area contributed by atoms with Crippen molar-refractivity contribution < 1.29 is 4.39 Å². The Bertz CT molecular complexity index is 817. The third-order valence-electron chi connectivity index (χ3n) is 2.92. The molecule has 2 aromatic heterocycles. The number of fused-ring (bicyclic) bond motifs is 1. The van der Waals surface area contributed by atoms with Crippen molar-refractivity contribution in [1.29, 1.82) is 0 Å². The summed E-state index contributed by atoms with van der Waals surface area (Å²) in [6.45, 7) is 0.535. The Kier molecular flexibility index (Phi) is 2.91. The number of hydrogen-bond donors (Lipinski definition) is 1. The summed E-state index contributed by atoms with van der Waals surface area (Å²) in [5, 5.41) is 4.18. The first kappa shape index (κ1) is 12.4. The van der Waals surface area contributed by atoms with Gasteiger partial charge in [-0.3, -0.25) is 4.68 Å². The molecule has 3 rings (SSSR count). The van der Waals surface area contributed by atoms with Gasteiger partial charge in [0, 0.05) is 24.9 Å². The number of nitrogens with zero attached hydrogens (tertiary/aromatic N) is 3. The van der Waals surface area contributed by atoms with Crippen LogP contribution in [0.3, 0.4) is 0 Å². The second-order valence-electron chi connectivity index (χ2n) is 4.32. The Morgan fingerprint density at radius 1 is 1.47 bits per heavy atom. The fourth-order valence-corrected chi connectivity index (χ4v) is 2.48. The van der Waals surface area contributed by atoms with Crippen LogP contribution in [0.5, 0.6) is 0 Å². The molecule has 2 heterocycles. The molecule has 0 unspecified atom stereocenters. The Balaban J connectivity index is 2.15. The standard InChI is InChI=1S/C12H10ClFN4S/c1-17-5-7(4-15-17)6-18-11-3-9(14)8(13)2-10(11)16-12(18)19/h2-5H,6H2,1H3,(H,16,19). The predicted molar refractivity (Wildman–Crippen MR) is 74.4 cm³/mol. The predicted octanol–water partition coefficient (Wildman–Crippen LogP) is 3.27. The maximum absolute atomic E-state index is 13.6. The maximum atomic E-state index is 13.6. The van der Waals surface area contributed by atoms with Crippen molar-refractivity contribution in [2.45, 2.75) is 6.54 Å². The molecule has 0 amide bonds. The minimum atomic E-state index is -0.455. The van der Waals surface area contributed by atoms with Crippen LogP contribution in [0.25, 0.3) is 11.0 Å². The van der Waals surface area contributed by atoms with Crippen molar-refractivity contribution >= 4 is 34.9 Å². The van der Waals surface area contributed by atoms with Gasteiger partial charge in [0.05, 0.1) is 28.8 Å². The molecule has 7 heteroatoms. The average molecular weight is 297 g/mol. The van der Waals surface area contributed by atoms with Gasteiger partial charge in [0.15, 0.2) is 4.77 Å². The number of hydrogen-bond acceptors (Lipinski definition) is 2. The van der Waals surface area contributed by atoms with Gasteiger partial charge in [-0.25, -0.2) is 4.39 Å². The van der Waals surface area contributed by atoms with E-state index in [1.54, 1.807) is 16.9 Å². The second-order valence-corrected chi connectivity index (χ2v) is 5.12. The van der Waals surface area contributed by atoms with Gasteiger partial charge >= 0.3 is 0 Å². The third kappa shape index (κ3) is 2.17. The normalized spacial score (nSPS) is 11.3. The summed E-state index contributed by atoms with van der Waals surface area (Å²) in [6.07, 6.45) is 3.65. The van der Waals surface area contributed by atoms with Gasteiger partial charge in [-0.2, -0.15) is 5.10 Å². The van der Waals surface area contributed by atoms with Gasteiger partial charge in [0.1, 0.15) is 5.82 Å². The number of aryl methyl sites for hydroxylation is 1. The first-order valence-corrected chi connectivity index (χ1v) is 6.38. The zero-order chi connectivity index (χ0) is 13.6. The Labute approximate surface area is 118 Å². The second kappa shape index (κ2) is 4.47. The van der Waals surface area contributed by atoms with E-state index in [9.17, 15) is 4.39 Å². The van der Waals surface area contributed by atoms with Crippen molar-refractivity contribution in [2.24, 2.45) is 7.05 Å². The van der Waals surface area contributed by atoms with Crippen LogP contribution in [0.4, 0.5) is 4.39 Å². The highest BCUT2D eigenvalue weighted by molar-refractivity contribution is 7.71.